The highest BCUT2D eigenvalue weighted by Crippen LogP contribution is 2.24. The maximum absolute atomic E-state index is 11.7. The molecule has 0 aliphatic rings. The van der Waals surface area contributed by atoms with E-state index in [1.165, 1.54) is 6.92 Å². The van der Waals surface area contributed by atoms with Crippen LogP contribution in [-0.4, -0.2) is 29.6 Å². The van der Waals surface area contributed by atoms with Gasteiger partial charge in [0.05, 0.1) is 6.61 Å². The van der Waals surface area contributed by atoms with E-state index in [-0.39, 0.29) is 13.0 Å². The predicted molar refractivity (Wildman–Crippen MR) is 84.9 cm³/mol. The first kappa shape index (κ1) is 23.2. The molecule has 0 fully saturated rings. The third kappa shape index (κ3) is 10.2. The summed E-state index contributed by atoms with van der Waals surface area (Å²) in [6, 6.07) is 0. The van der Waals surface area contributed by atoms with Crippen molar-refractivity contribution in [1.29, 1.82) is 0 Å². The summed E-state index contributed by atoms with van der Waals surface area (Å²) in [5.74, 6) is -2.16. The molecule has 0 aliphatic carbocycles. The van der Waals surface area contributed by atoms with Crippen molar-refractivity contribution in [3.63, 3.8) is 0 Å². The molecule has 0 bridgehead atoms. The van der Waals surface area contributed by atoms with E-state index in [4.69, 9.17) is 34.4 Å². The van der Waals surface area contributed by atoms with Crippen molar-refractivity contribution in [3.8, 4) is 0 Å². The van der Waals surface area contributed by atoms with Gasteiger partial charge in [0.2, 0.25) is 5.79 Å². The summed E-state index contributed by atoms with van der Waals surface area (Å²) < 4.78 is 4.88. The lowest BCUT2D eigenvalue weighted by Gasteiger charge is -2.28. The van der Waals surface area contributed by atoms with E-state index in [0.717, 1.165) is 0 Å². The molecular weight excluding hydrogens is 320 g/mol. The molecule has 0 saturated heterocycles. The number of hydrogen-bond donors (Lipinski definition) is 0. The van der Waals surface area contributed by atoms with Crippen LogP contribution in [0.1, 0.15) is 74.7 Å². The highest BCUT2D eigenvalue weighted by Gasteiger charge is 2.36. The van der Waals surface area contributed by atoms with Gasteiger partial charge in [-0.05, 0) is 54.4 Å². The fraction of sp³-hybridized carbons (Fsp3) is 0.938. The van der Waals surface area contributed by atoms with Crippen LogP contribution in [0.4, 0.5) is 0 Å². The Morgan fingerprint density at radius 2 is 1.17 bits per heavy atom. The number of esters is 1. The smallest absolute Gasteiger partial charge is 0.311 e. The Hall–Kier alpha value is -0.770. The normalized spacial score (nSPS) is 13.2. The van der Waals surface area contributed by atoms with Gasteiger partial charge in [-0.3, -0.25) is 4.79 Å². The summed E-state index contributed by atoms with van der Waals surface area (Å²) >= 11 is 0. The maximum Gasteiger partial charge on any atom is 0.311 e. The van der Waals surface area contributed by atoms with Gasteiger partial charge >= 0.3 is 5.97 Å². The van der Waals surface area contributed by atoms with Crippen LogP contribution in [-0.2, 0) is 39.2 Å². The average Bonchev–Trinajstić information content (AvgIpc) is 2.46. The van der Waals surface area contributed by atoms with Crippen molar-refractivity contribution >= 4 is 5.97 Å². The zero-order chi connectivity index (χ0) is 18.9. The number of rotatable bonds is 13. The van der Waals surface area contributed by atoms with Gasteiger partial charge in [-0.15, -0.1) is 0 Å². The van der Waals surface area contributed by atoms with E-state index in [1.54, 1.807) is 6.92 Å². The molecule has 0 unspecified atom stereocenters. The van der Waals surface area contributed by atoms with Crippen LogP contribution in [0.15, 0.2) is 0 Å². The van der Waals surface area contributed by atoms with Crippen LogP contribution >= 0.6 is 0 Å². The summed E-state index contributed by atoms with van der Waals surface area (Å²) in [6.45, 7) is 14.5. The van der Waals surface area contributed by atoms with Crippen LogP contribution in [0, 0.1) is 0 Å². The molecule has 144 valence electrons. The molecule has 0 heterocycles. The Bertz CT molecular complexity index is 345. The Morgan fingerprint density at radius 3 is 1.50 bits per heavy atom. The third-order valence-electron chi connectivity index (χ3n) is 3.41. The fourth-order valence-electron chi connectivity index (χ4n) is 1.03. The predicted octanol–water partition coefficient (Wildman–Crippen LogP) is 3.79. The summed E-state index contributed by atoms with van der Waals surface area (Å²) in [5, 5.41) is 9.55. The first-order valence-electron chi connectivity index (χ1n) is 8.22. The first-order valence-corrected chi connectivity index (χ1v) is 8.22. The second-order valence-corrected chi connectivity index (χ2v) is 6.81. The molecule has 0 rings (SSSR count). The van der Waals surface area contributed by atoms with Crippen molar-refractivity contribution in [2.45, 2.75) is 91.6 Å². The molecule has 0 spiro atoms. The van der Waals surface area contributed by atoms with Crippen LogP contribution < -0.4 is 0 Å². The minimum atomic E-state index is -1.61. The van der Waals surface area contributed by atoms with E-state index in [2.05, 4.69) is 0 Å². The molecule has 0 saturated carbocycles. The summed E-state index contributed by atoms with van der Waals surface area (Å²) in [4.78, 5) is 32.1. The van der Waals surface area contributed by atoms with Crippen molar-refractivity contribution < 1.29 is 39.2 Å². The number of hydrogen-bond acceptors (Lipinski definition) is 8. The molecule has 0 atom stereocenters. The van der Waals surface area contributed by atoms with Gasteiger partial charge in [0.1, 0.15) is 17.6 Å². The minimum Gasteiger partial charge on any atom is -0.466 e. The van der Waals surface area contributed by atoms with Gasteiger partial charge < -0.3 is 4.74 Å². The molecule has 0 radical (unpaired) electrons. The van der Waals surface area contributed by atoms with Crippen molar-refractivity contribution in [2.75, 3.05) is 6.61 Å². The standard InChI is InChI=1S/C16H32O8/c1-9-14(4,5)19-23-21-16(8,12-13(17)18-11-3)22-24-20-15(6,7)10-2/h9-12H2,1-8H3. The van der Waals surface area contributed by atoms with E-state index in [1.807, 2.05) is 41.5 Å². The fourth-order valence-corrected chi connectivity index (χ4v) is 1.03. The Kier molecular flexibility index (Phi) is 9.94. The second-order valence-electron chi connectivity index (χ2n) is 6.81. The van der Waals surface area contributed by atoms with Crippen LogP contribution in [0.3, 0.4) is 0 Å². The number of ether oxygens (including phenoxy) is 1. The second kappa shape index (κ2) is 10.3. The van der Waals surface area contributed by atoms with E-state index in [0.29, 0.717) is 12.8 Å². The average molecular weight is 352 g/mol. The lowest BCUT2D eigenvalue weighted by Crippen LogP contribution is -2.38. The molecule has 0 amide bonds. The molecule has 0 aromatic heterocycles. The number of carbonyl (C=O) groups is 1. The lowest BCUT2D eigenvalue weighted by molar-refractivity contribution is -0.657. The quantitative estimate of drug-likeness (QED) is 0.214. The zero-order valence-electron chi connectivity index (χ0n) is 16.1. The molecular formula is C16H32O8. The van der Waals surface area contributed by atoms with Gasteiger partial charge in [-0.1, -0.05) is 23.9 Å². The van der Waals surface area contributed by atoms with Gasteiger partial charge in [0.15, 0.2) is 0 Å². The maximum atomic E-state index is 11.7. The molecule has 0 aromatic carbocycles. The molecule has 0 aliphatic heterocycles. The van der Waals surface area contributed by atoms with Gasteiger partial charge in [0.25, 0.3) is 0 Å². The summed E-state index contributed by atoms with van der Waals surface area (Å²) in [6.07, 6.45) is 1.10. The highest BCUT2D eigenvalue weighted by atomic mass is 17.6. The largest absolute Gasteiger partial charge is 0.466 e. The molecule has 8 nitrogen and oxygen atoms in total. The van der Waals surface area contributed by atoms with E-state index < -0.39 is 23.0 Å². The SMILES string of the molecule is CCOC(=O)CC(C)(OOOC(C)(C)CC)OOOC(C)(C)CC. The molecule has 0 aromatic rings. The van der Waals surface area contributed by atoms with Crippen molar-refractivity contribution in [2.24, 2.45) is 0 Å². The summed E-state index contributed by atoms with van der Waals surface area (Å²) in [5.41, 5.74) is -1.13. The molecule has 24 heavy (non-hydrogen) atoms. The van der Waals surface area contributed by atoms with Crippen LogP contribution in [0.2, 0.25) is 0 Å². The Labute approximate surface area is 144 Å². The Morgan fingerprint density at radius 1 is 0.750 bits per heavy atom. The van der Waals surface area contributed by atoms with Crippen molar-refractivity contribution in [1.82, 2.24) is 0 Å². The topological polar surface area (TPSA) is 81.7 Å². The van der Waals surface area contributed by atoms with E-state index >= 15 is 0 Å². The van der Waals surface area contributed by atoms with Crippen LogP contribution in [0.5, 0.6) is 0 Å². The van der Waals surface area contributed by atoms with Crippen LogP contribution in [0.25, 0.3) is 0 Å². The Balaban J connectivity index is 4.67. The lowest BCUT2D eigenvalue weighted by atomic mass is 10.1. The van der Waals surface area contributed by atoms with E-state index in [9.17, 15) is 4.79 Å². The first-order chi connectivity index (χ1) is 11.0. The minimum absolute atomic E-state index is 0.232. The highest BCUT2D eigenvalue weighted by molar-refractivity contribution is 5.70. The molecule has 0 N–H and O–H groups in total. The van der Waals surface area contributed by atoms with Gasteiger partial charge in [-0.2, -0.15) is 9.78 Å². The zero-order valence-corrected chi connectivity index (χ0v) is 16.1. The third-order valence-corrected chi connectivity index (χ3v) is 3.41. The number of carbonyl (C=O) groups excluding carboxylic acids is 1. The molecule has 8 heteroatoms. The summed E-state index contributed by atoms with van der Waals surface area (Å²) in [7, 11) is 0. The van der Waals surface area contributed by atoms with Gasteiger partial charge in [-0.25, -0.2) is 9.78 Å². The van der Waals surface area contributed by atoms with Crippen molar-refractivity contribution in [3.05, 3.63) is 0 Å². The van der Waals surface area contributed by atoms with Gasteiger partial charge in [0, 0.05) is 0 Å². The monoisotopic (exact) mass is 352 g/mol.